The molecule has 0 heterocycles. The minimum atomic E-state index is 0.373. The van der Waals surface area contributed by atoms with Gasteiger partial charge in [0.05, 0.1) is 0 Å². The van der Waals surface area contributed by atoms with Crippen LogP contribution in [0.3, 0.4) is 0 Å². The maximum absolute atomic E-state index is 4.19. The fourth-order valence-electron chi connectivity index (χ4n) is 1.70. The zero-order valence-corrected chi connectivity index (χ0v) is 12.2. The molecule has 0 aliphatic carbocycles. The van der Waals surface area contributed by atoms with Gasteiger partial charge >= 0.3 is 0 Å². The van der Waals surface area contributed by atoms with Crippen LogP contribution in [0.15, 0.2) is 11.5 Å². The monoisotopic (exact) mass is 228 g/mol. The van der Waals surface area contributed by atoms with Gasteiger partial charge in [-0.15, -0.1) is 11.8 Å². The van der Waals surface area contributed by atoms with E-state index < -0.39 is 0 Å². The maximum atomic E-state index is 4.19. The van der Waals surface area contributed by atoms with Gasteiger partial charge in [-0.2, -0.15) is 0 Å². The van der Waals surface area contributed by atoms with Gasteiger partial charge in [-0.05, 0) is 29.1 Å². The average molecular weight is 228 g/mol. The molecule has 0 saturated heterocycles. The highest BCUT2D eigenvalue weighted by atomic mass is 32.2. The summed E-state index contributed by atoms with van der Waals surface area (Å²) in [6, 6.07) is 0. The summed E-state index contributed by atoms with van der Waals surface area (Å²) < 4.78 is 0. The second-order valence-electron chi connectivity index (χ2n) is 5.87. The van der Waals surface area contributed by atoms with Crippen LogP contribution in [0.4, 0.5) is 0 Å². The molecule has 2 atom stereocenters. The molecule has 0 N–H and O–H groups in total. The lowest BCUT2D eigenvalue weighted by atomic mass is 9.92. The highest BCUT2D eigenvalue weighted by Crippen LogP contribution is 2.35. The normalized spacial score (nSPS) is 16.1. The highest BCUT2D eigenvalue weighted by molar-refractivity contribution is 8.03. The standard InChI is InChI=1S/C14H28S/c1-8-9-11(2)13(4)15-12(3)10-14(5,6)7/h11,13H,3,8-10H2,1-2,4-7H3. The van der Waals surface area contributed by atoms with Crippen LogP contribution in [-0.4, -0.2) is 5.25 Å². The van der Waals surface area contributed by atoms with Crippen molar-refractivity contribution in [2.24, 2.45) is 11.3 Å². The van der Waals surface area contributed by atoms with Gasteiger partial charge in [-0.25, -0.2) is 0 Å². The smallest absolute Gasteiger partial charge is 0.00882 e. The van der Waals surface area contributed by atoms with E-state index in [1.165, 1.54) is 17.7 Å². The fourth-order valence-corrected chi connectivity index (χ4v) is 3.11. The minimum absolute atomic E-state index is 0.373. The van der Waals surface area contributed by atoms with Crippen molar-refractivity contribution in [1.29, 1.82) is 0 Å². The highest BCUT2D eigenvalue weighted by Gasteiger charge is 2.17. The number of thioether (sulfide) groups is 1. The summed E-state index contributed by atoms with van der Waals surface area (Å²) in [6.07, 6.45) is 3.75. The first-order valence-electron chi connectivity index (χ1n) is 6.10. The summed E-state index contributed by atoms with van der Waals surface area (Å²) in [6.45, 7) is 18.0. The van der Waals surface area contributed by atoms with E-state index in [4.69, 9.17) is 0 Å². The number of hydrogen-bond acceptors (Lipinski definition) is 1. The molecule has 0 fully saturated rings. The summed E-state index contributed by atoms with van der Waals surface area (Å²) in [5.41, 5.74) is 0.373. The maximum Gasteiger partial charge on any atom is 0.00882 e. The lowest BCUT2D eigenvalue weighted by Gasteiger charge is -2.24. The number of allylic oxidation sites excluding steroid dienone is 1. The summed E-state index contributed by atoms with van der Waals surface area (Å²) in [5.74, 6) is 0.803. The molecule has 0 amide bonds. The topological polar surface area (TPSA) is 0 Å². The van der Waals surface area contributed by atoms with Crippen LogP contribution in [0.25, 0.3) is 0 Å². The molecule has 0 aliphatic rings. The quantitative estimate of drug-likeness (QED) is 0.579. The molecule has 0 nitrogen and oxygen atoms in total. The lowest BCUT2D eigenvalue weighted by molar-refractivity contribution is 0.417. The Balaban J connectivity index is 3.96. The van der Waals surface area contributed by atoms with E-state index in [0.717, 1.165) is 12.3 Å². The van der Waals surface area contributed by atoms with Crippen LogP contribution < -0.4 is 0 Å². The van der Waals surface area contributed by atoms with E-state index in [1.807, 2.05) is 11.8 Å². The number of rotatable bonds is 6. The van der Waals surface area contributed by atoms with Crippen LogP contribution in [0.1, 0.15) is 60.8 Å². The van der Waals surface area contributed by atoms with Crippen LogP contribution in [0.5, 0.6) is 0 Å². The summed E-state index contributed by atoms with van der Waals surface area (Å²) >= 11 is 1.98. The first-order chi connectivity index (χ1) is 6.76. The second kappa shape index (κ2) is 6.62. The van der Waals surface area contributed by atoms with Crippen molar-refractivity contribution in [1.82, 2.24) is 0 Å². The van der Waals surface area contributed by atoms with E-state index in [2.05, 4.69) is 48.1 Å². The molecule has 0 bridgehead atoms. The van der Waals surface area contributed by atoms with Crippen molar-refractivity contribution in [2.75, 3.05) is 0 Å². The Morgan fingerprint density at radius 1 is 1.27 bits per heavy atom. The van der Waals surface area contributed by atoms with Crippen LogP contribution >= 0.6 is 11.8 Å². The molecular weight excluding hydrogens is 200 g/mol. The van der Waals surface area contributed by atoms with E-state index >= 15 is 0 Å². The Morgan fingerprint density at radius 3 is 2.20 bits per heavy atom. The van der Waals surface area contributed by atoms with Crippen LogP contribution in [0, 0.1) is 11.3 Å². The molecule has 1 heteroatoms. The Labute approximate surface area is 101 Å². The summed E-state index contributed by atoms with van der Waals surface area (Å²) in [7, 11) is 0. The largest absolute Gasteiger partial charge is 0.128 e. The second-order valence-corrected chi connectivity index (χ2v) is 7.42. The van der Waals surface area contributed by atoms with Gasteiger partial charge in [0.2, 0.25) is 0 Å². The Kier molecular flexibility index (Phi) is 6.66. The molecule has 0 spiro atoms. The van der Waals surface area contributed by atoms with Crippen molar-refractivity contribution in [3.05, 3.63) is 11.5 Å². The van der Waals surface area contributed by atoms with E-state index in [-0.39, 0.29) is 0 Å². The molecule has 0 aromatic carbocycles. The molecule has 0 aliphatic heterocycles. The van der Waals surface area contributed by atoms with E-state index in [9.17, 15) is 0 Å². The Morgan fingerprint density at radius 2 is 1.80 bits per heavy atom. The van der Waals surface area contributed by atoms with Gasteiger partial charge in [0.25, 0.3) is 0 Å². The van der Waals surface area contributed by atoms with Crippen LogP contribution in [0.2, 0.25) is 0 Å². The minimum Gasteiger partial charge on any atom is -0.128 e. The molecule has 0 radical (unpaired) electrons. The third-order valence-corrected chi connectivity index (χ3v) is 3.94. The third kappa shape index (κ3) is 7.96. The predicted molar refractivity (Wildman–Crippen MR) is 74.3 cm³/mol. The van der Waals surface area contributed by atoms with Crippen LogP contribution in [-0.2, 0) is 0 Å². The molecular formula is C14H28S. The molecule has 0 saturated carbocycles. The first kappa shape index (κ1) is 15.1. The van der Waals surface area contributed by atoms with E-state index in [1.54, 1.807) is 0 Å². The Bertz CT molecular complexity index is 188. The zero-order chi connectivity index (χ0) is 12.1. The van der Waals surface area contributed by atoms with Crippen molar-refractivity contribution in [2.45, 2.75) is 66.1 Å². The van der Waals surface area contributed by atoms with Crippen molar-refractivity contribution >= 4 is 11.8 Å². The molecule has 90 valence electrons. The van der Waals surface area contributed by atoms with Gasteiger partial charge in [0.1, 0.15) is 0 Å². The van der Waals surface area contributed by atoms with Crippen molar-refractivity contribution in [3.63, 3.8) is 0 Å². The SMILES string of the molecule is C=C(CC(C)(C)C)SC(C)C(C)CCC. The third-order valence-electron chi connectivity index (χ3n) is 2.63. The van der Waals surface area contributed by atoms with Gasteiger partial charge in [0, 0.05) is 5.25 Å². The van der Waals surface area contributed by atoms with Gasteiger partial charge < -0.3 is 0 Å². The van der Waals surface area contributed by atoms with Crippen molar-refractivity contribution in [3.8, 4) is 0 Å². The molecule has 0 aromatic heterocycles. The first-order valence-corrected chi connectivity index (χ1v) is 6.98. The molecule has 15 heavy (non-hydrogen) atoms. The predicted octanol–water partition coefficient (Wildman–Crippen LogP) is 5.49. The summed E-state index contributed by atoms with van der Waals surface area (Å²) in [4.78, 5) is 1.35. The van der Waals surface area contributed by atoms with E-state index in [0.29, 0.717) is 10.7 Å². The average Bonchev–Trinajstić information content (AvgIpc) is 2.00. The fraction of sp³-hybridized carbons (Fsp3) is 0.857. The van der Waals surface area contributed by atoms with Gasteiger partial charge in [-0.3, -0.25) is 0 Å². The molecule has 0 aromatic rings. The summed E-state index contributed by atoms with van der Waals surface area (Å²) in [5, 5.41) is 0.708. The molecule has 2 unspecified atom stereocenters. The van der Waals surface area contributed by atoms with Gasteiger partial charge in [-0.1, -0.05) is 54.5 Å². The molecule has 0 rings (SSSR count). The van der Waals surface area contributed by atoms with Gasteiger partial charge in [0.15, 0.2) is 0 Å². The lowest BCUT2D eigenvalue weighted by Crippen LogP contribution is -2.12. The number of hydrogen-bond donors (Lipinski definition) is 0. The van der Waals surface area contributed by atoms with Crippen molar-refractivity contribution < 1.29 is 0 Å². The Hall–Kier alpha value is 0.0900. The zero-order valence-electron chi connectivity index (χ0n) is 11.4.